The van der Waals surface area contributed by atoms with Crippen molar-refractivity contribution >= 4 is 50.9 Å². The predicted octanol–water partition coefficient (Wildman–Crippen LogP) is 5.85. The van der Waals surface area contributed by atoms with E-state index in [1.807, 2.05) is 24.3 Å². The molecule has 0 aliphatic carbocycles. The molecule has 0 saturated carbocycles. The zero-order valence-corrected chi connectivity index (χ0v) is 14.9. The van der Waals surface area contributed by atoms with E-state index in [-0.39, 0.29) is 0 Å². The second-order valence-corrected chi connectivity index (χ2v) is 7.57. The minimum atomic E-state index is 0.385. The summed E-state index contributed by atoms with van der Waals surface area (Å²) in [7, 11) is 0. The lowest BCUT2D eigenvalue weighted by molar-refractivity contribution is 1.02. The summed E-state index contributed by atoms with van der Waals surface area (Å²) in [5, 5.41) is 1.28. The Morgan fingerprint density at radius 2 is 1.75 bits per heavy atom. The molecule has 2 rings (SSSR count). The van der Waals surface area contributed by atoms with Gasteiger partial charge in [0.05, 0.1) is 11.3 Å². The molecule has 0 bridgehead atoms. The number of nitrogens with zero attached hydrogens (tertiary/aromatic N) is 2. The first-order valence-corrected chi connectivity index (χ1v) is 8.67. The molecule has 106 valence electrons. The van der Waals surface area contributed by atoms with Crippen molar-refractivity contribution in [2.75, 3.05) is 0 Å². The number of rotatable bonds is 4. The molecule has 0 spiro atoms. The van der Waals surface area contributed by atoms with Crippen LogP contribution in [0, 0.1) is 0 Å². The summed E-state index contributed by atoms with van der Waals surface area (Å²) in [6.07, 6.45) is 0. The molecule has 2 nitrogen and oxygen atoms in total. The number of hydrogen-bond acceptors (Lipinski definition) is 3. The van der Waals surface area contributed by atoms with E-state index in [1.54, 1.807) is 11.8 Å². The van der Waals surface area contributed by atoms with E-state index in [0.717, 1.165) is 10.0 Å². The van der Waals surface area contributed by atoms with E-state index in [4.69, 9.17) is 23.2 Å². The molecule has 0 saturated heterocycles. The first-order chi connectivity index (χ1) is 9.49. The summed E-state index contributed by atoms with van der Waals surface area (Å²) < 4.78 is 0.914. The summed E-state index contributed by atoms with van der Waals surface area (Å²) in [5.41, 5.74) is 1.56. The Morgan fingerprint density at radius 1 is 1.15 bits per heavy atom. The van der Waals surface area contributed by atoms with Gasteiger partial charge in [0.25, 0.3) is 0 Å². The summed E-state index contributed by atoms with van der Waals surface area (Å²) >= 11 is 17.8. The molecule has 0 aliphatic heterocycles. The first kappa shape index (κ1) is 16.1. The van der Waals surface area contributed by atoms with E-state index in [1.165, 1.54) is 0 Å². The Labute approximate surface area is 141 Å². The largest absolute Gasteiger partial charge is 0.220 e. The maximum absolute atomic E-state index is 6.29. The smallest absolute Gasteiger partial charge is 0.142 e. The Hall–Kier alpha value is -0.290. The minimum absolute atomic E-state index is 0.385. The van der Waals surface area contributed by atoms with Gasteiger partial charge in [0.1, 0.15) is 16.1 Å². The van der Waals surface area contributed by atoms with Gasteiger partial charge in [-0.3, -0.25) is 0 Å². The second kappa shape index (κ2) is 7.12. The average Bonchev–Trinajstić information content (AvgIpc) is 2.38. The number of halogens is 3. The van der Waals surface area contributed by atoms with Crippen LogP contribution >= 0.6 is 50.9 Å². The molecule has 1 heterocycles. The Bertz CT molecular complexity index is 597. The fraction of sp³-hybridized carbons (Fsp3) is 0.286. The molecular formula is C14H13BrCl2N2S. The van der Waals surface area contributed by atoms with E-state index in [2.05, 4.69) is 39.7 Å². The van der Waals surface area contributed by atoms with Crippen molar-refractivity contribution in [3.8, 4) is 11.1 Å². The molecule has 0 aliphatic rings. The number of aromatic nitrogens is 2. The lowest BCUT2D eigenvalue weighted by Crippen LogP contribution is -1.99. The van der Waals surface area contributed by atoms with Gasteiger partial charge in [-0.1, -0.05) is 71.2 Å². The van der Waals surface area contributed by atoms with Crippen LogP contribution in [0.4, 0.5) is 0 Å². The lowest BCUT2D eigenvalue weighted by Gasteiger charge is -2.10. The van der Waals surface area contributed by atoms with E-state index in [0.29, 0.717) is 32.7 Å². The summed E-state index contributed by atoms with van der Waals surface area (Å²) in [6, 6.07) is 7.73. The van der Waals surface area contributed by atoms with Crippen LogP contribution in [0.15, 0.2) is 28.7 Å². The van der Waals surface area contributed by atoms with Crippen LogP contribution in [0.5, 0.6) is 0 Å². The van der Waals surface area contributed by atoms with Crippen LogP contribution in [0.1, 0.15) is 19.7 Å². The second-order valence-electron chi connectivity index (χ2n) is 4.44. The number of thioether (sulfide) groups is 1. The highest BCUT2D eigenvalue weighted by molar-refractivity contribution is 9.10. The van der Waals surface area contributed by atoms with Crippen LogP contribution in [-0.2, 0) is 5.75 Å². The van der Waals surface area contributed by atoms with Gasteiger partial charge in [-0.15, -0.1) is 0 Å². The molecule has 1 aromatic carbocycles. The van der Waals surface area contributed by atoms with Gasteiger partial charge in [0.2, 0.25) is 0 Å². The Kier molecular flexibility index (Phi) is 5.73. The Morgan fingerprint density at radius 3 is 2.30 bits per heavy atom. The molecule has 0 unspecified atom stereocenters. The van der Waals surface area contributed by atoms with E-state index in [9.17, 15) is 0 Å². The Balaban J connectivity index is 2.39. The number of hydrogen-bond donors (Lipinski definition) is 0. The highest BCUT2D eigenvalue weighted by Crippen LogP contribution is 2.37. The van der Waals surface area contributed by atoms with Gasteiger partial charge in [-0.25, -0.2) is 9.97 Å². The van der Waals surface area contributed by atoms with Crippen LogP contribution in [0.2, 0.25) is 10.3 Å². The quantitative estimate of drug-likeness (QED) is 0.610. The molecule has 0 amide bonds. The maximum Gasteiger partial charge on any atom is 0.142 e. The van der Waals surface area contributed by atoms with Gasteiger partial charge in [0.15, 0.2) is 0 Å². The molecule has 1 aromatic heterocycles. The standard InChI is InChI=1S/C14H13BrCl2N2S/c1-8(2)20-7-11-18-13(16)12(14(17)19-11)9-5-3-4-6-10(9)15/h3-6,8H,7H2,1-2H3. The topological polar surface area (TPSA) is 25.8 Å². The van der Waals surface area contributed by atoms with Gasteiger partial charge in [-0.05, 0) is 11.3 Å². The van der Waals surface area contributed by atoms with Crippen molar-refractivity contribution in [1.29, 1.82) is 0 Å². The maximum atomic E-state index is 6.29. The average molecular weight is 392 g/mol. The molecule has 0 fully saturated rings. The fourth-order valence-electron chi connectivity index (χ4n) is 1.64. The predicted molar refractivity (Wildman–Crippen MR) is 91.6 cm³/mol. The van der Waals surface area contributed by atoms with Crippen molar-refractivity contribution in [2.45, 2.75) is 24.9 Å². The van der Waals surface area contributed by atoms with Crippen molar-refractivity contribution < 1.29 is 0 Å². The van der Waals surface area contributed by atoms with E-state index >= 15 is 0 Å². The van der Waals surface area contributed by atoms with Gasteiger partial charge >= 0.3 is 0 Å². The highest BCUT2D eigenvalue weighted by Gasteiger charge is 2.15. The van der Waals surface area contributed by atoms with Crippen molar-refractivity contribution in [3.05, 3.63) is 44.9 Å². The molecule has 6 heteroatoms. The third kappa shape index (κ3) is 3.88. The third-order valence-electron chi connectivity index (χ3n) is 2.56. The summed E-state index contributed by atoms with van der Waals surface area (Å²) in [5.74, 6) is 1.36. The molecule has 0 radical (unpaired) electrons. The van der Waals surface area contributed by atoms with Crippen molar-refractivity contribution in [2.24, 2.45) is 0 Å². The monoisotopic (exact) mass is 390 g/mol. The number of benzene rings is 1. The van der Waals surface area contributed by atoms with Gasteiger partial charge in [-0.2, -0.15) is 11.8 Å². The van der Waals surface area contributed by atoms with Crippen LogP contribution in [-0.4, -0.2) is 15.2 Å². The third-order valence-corrected chi connectivity index (χ3v) is 4.89. The zero-order valence-electron chi connectivity index (χ0n) is 11.0. The fourth-order valence-corrected chi connectivity index (χ4v) is 3.36. The molecule has 0 atom stereocenters. The first-order valence-electron chi connectivity index (χ1n) is 6.07. The summed E-state index contributed by atoms with van der Waals surface area (Å²) in [6.45, 7) is 4.26. The van der Waals surface area contributed by atoms with Crippen LogP contribution in [0.3, 0.4) is 0 Å². The van der Waals surface area contributed by atoms with Gasteiger partial charge < -0.3 is 0 Å². The molecule has 20 heavy (non-hydrogen) atoms. The van der Waals surface area contributed by atoms with Crippen molar-refractivity contribution in [1.82, 2.24) is 9.97 Å². The highest BCUT2D eigenvalue weighted by atomic mass is 79.9. The zero-order chi connectivity index (χ0) is 14.7. The minimum Gasteiger partial charge on any atom is -0.220 e. The van der Waals surface area contributed by atoms with Gasteiger partial charge in [0, 0.05) is 10.0 Å². The normalized spacial score (nSPS) is 11.1. The van der Waals surface area contributed by atoms with Crippen molar-refractivity contribution in [3.63, 3.8) is 0 Å². The lowest BCUT2D eigenvalue weighted by atomic mass is 10.1. The summed E-state index contributed by atoms with van der Waals surface area (Å²) in [4.78, 5) is 8.70. The van der Waals surface area contributed by atoms with E-state index < -0.39 is 0 Å². The van der Waals surface area contributed by atoms with Crippen LogP contribution in [0.25, 0.3) is 11.1 Å². The molecular weight excluding hydrogens is 379 g/mol. The SMILES string of the molecule is CC(C)SCc1nc(Cl)c(-c2ccccc2Br)c(Cl)n1. The molecule has 0 N–H and O–H groups in total. The van der Waals surface area contributed by atoms with Crippen LogP contribution < -0.4 is 0 Å². The molecule has 2 aromatic rings.